The van der Waals surface area contributed by atoms with Crippen LogP contribution < -0.4 is 5.32 Å². The van der Waals surface area contributed by atoms with Gasteiger partial charge >= 0.3 is 0 Å². The van der Waals surface area contributed by atoms with E-state index >= 15 is 0 Å². The number of morpholine rings is 1. The third kappa shape index (κ3) is 9.59. The van der Waals surface area contributed by atoms with Gasteiger partial charge in [-0.3, -0.25) is 14.7 Å². The van der Waals surface area contributed by atoms with Gasteiger partial charge in [-0.25, -0.2) is 15.0 Å². The number of fused-ring (bicyclic) bond motifs is 1. The smallest absolute Gasteiger partial charge is 0.223 e. The van der Waals surface area contributed by atoms with E-state index in [1.54, 1.807) is 44.3 Å². The number of hydrogen-bond acceptors (Lipinski definition) is 9. The molecule has 1 aliphatic heterocycles. The number of β-amino-alcohol motifs (C(OH)–C–C–N with tert-alkyl or cyclic N) is 1. The molecule has 2 saturated carbocycles. The van der Waals surface area contributed by atoms with Gasteiger partial charge in [-0.2, -0.15) is 0 Å². The summed E-state index contributed by atoms with van der Waals surface area (Å²) in [6, 6.07) is 9.73. The quantitative estimate of drug-likeness (QED) is 0.224. The van der Waals surface area contributed by atoms with Gasteiger partial charge in [0.05, 0.1) is 29.1 Å². The lowest BCUT2D eigenvalue weighted by Gasteiger charge is -2.28. The standard InChI is InChI=1S/C24H24N6O3S.C6H10.C3H8.C2H6/c1-15(31)28-24-29-20-11-16(10-18(22(20)34-24)19-4-2-3-5-25-19)17-12-26-23(27-13-17)21(32)14-30-6-8-33-9-7-30;1-2-6(3-1)4-5-6;1-3-2;1-2/h2-5,10-13,21,32H,6-9,14H2,1H3,(H,28,29,31);1-5H2;3H2,1-2H3;1-2H3. The Morgan fingerprint density at radius 1 is 1.04 bits per heavy atom. The maximum absolute atomic E-state index is 11.5. The number of aliphatic hydroxyl groups is 1. The molecule has 4 heterocycles. The number of aliphatic hydroxyl groups excluding tert-OH is 1. The van der Waals surface area contributed by atoms with E-state index in [0.29, 0.717) is 30.7 Å². The second-order valence-electron chi connectivity index (χ2n) is 11.6. The molecule has 1 unspecified atom stereocenters. The second-order valence-corrected chi connectivity index (χ2v) is 12.6. The number of aromatic nitrogens is 4. The van der Waals surface area contributed by atoms with Gasteiger partial charge in [-0.1, -0.05) is 57.9 Å². The fourth-order valence-corrected chi connectivity index (χ4v) is 6.25. The number of hydrogen-bond donors (Lipinski definition) is 2. The number of anilines is 1. The van der Waals surface area contributed by atoms with Crippen LogP contribution in [-0.2, 0) is 9.53 Å². The van der Waals surface area contributed by atoms with Crippen LogP contribution in [0.3, 0.4) is 0 Å². The zero-order valence-corrected chi connectivity index (χ0v) is 28.2. The Kier molecular flexibility index (Phi) is 12.9. The number of rotatable bonds is 6. The van der Waals surface area contributed by atoms with Crippen molar-refractivity contribution in [3.8, 4) is 22.4 Å². The van der Waals surface area contributed by atoms with E-state index in [1.807, 2.05) is 44.2 Å². The third-order valence-corrected chi connectivity index (χ3v) is 8.94. The molecule has 45 heavy (non-hydrogen) atoms. The zero-order chi connectivity index (χ0) is 32.2. The molecule has 0 radical (unpaired) electrons. The van der Waals surface area contributed by atoms with E-state index in [0.717, 1.165) is 51.1 Å². The zero-order valence-electron chi connectivity index (χ0n) is 27.4. The van der Waals surface area contributed by atoms with Crippen LogP contribution in [0.1, 0.15) is 85.1 Å². The van der Waals surface area contributed by atoms with Gasteiger partial charge in [-0.05, 0) is 60.9 Å². The molecule has 10 heteroatoms. The lowest BCUT2D eigenvalue weighted by atomic mass is 9.82. The average Bonchev–Trinajstić information content (AvgIpc) is 3.78. The monoisotopic (exact) mass is 632 g/mol. The van der Waals surface area contributed by atoms with Crippen LogP contribution in [0.4, 0.5) is 5.13 Å². The number of amides is 1. The number of ether oxygens (including phenoxy) is 1. The second kappa shape index (κ2) is 16.8. The Morgan fingerprint density at radius 2 is 1.73 bits per heavy atom. The fraction of sp³-hybridized carbons (Fsp3) is 0.514. The summed E-state index contributed by atoms with van der Waals surface area (Å²) >= 11 is 1.41. The van der Waals surface area contributed by atoms with Crippen molar-refractivity contribution in [1.29, 1.82) is 0 Å². The summed E-state index contributed by atoms with van der Waals surface area (Å²) in [6.07, 6.45) is 13.4. The largest absolute Gasteiger partial charge is 0.384 e. The van der Waals surface area contributed by atoms with Crippen molar-refractivity contribution in [3.05, 3.63) is 54.7 Å². The van der Waals surface area contributed by atoms with Gasteiger partial charge in [-0.15, -0.1) is 0 Å². The number of benzene rings is 1. The lowest BCUT2D eigenvalue weighted by Crippen LogP contribution is -2.39. The Morgan fingerprint density at radius 3 is 2.27 bits per heavy atom. The molecule has 1 spiro atoms. The van der Waals surface area contributed by atoms with Crippen LogP contribution in [0.5, 0.6) is 0 Å². The number of carbonyl (C=O) groups is 1. The first-order valence-electron chi connectivity index (χ1n) is 16.3. The molecule has 0 bridgehead atoms. The molecule has 9 nitrogen and oxygen atoms in total. The molecule has 7 rings (SSSR count). The van der Waals surface area contributed by atoms with Crippen LogP contribution in [0.25, 0.3) is 32.6 Å². The van der Waals surface area contributed by atoms with Gasteiger partial charge in [0.15, 0.2) is 11.0 Å². The highest BCUT2D eigenvalue weighted by Gasteiger charge is 2.46. The van der Waals surface area contributed by atoms with Crippen LogP contribution in [0.15, 0.2) is 48.9 Å². The Bertz CT molecular complexity index is 1480. The molecule has 1 amide bonds. The number of pyridine rings is 1. The molecule has 1 atom stereocenters. The minimum atomic E-state index is -0.766. The Hall–Kier alpha value is -3.31. The average molecular weight is 633 g/mol. The van der Waals surface area contributed by atoms with E-state index in [4.69, 9.17) is 4.74 Å². The maximum Gasteiger partial charge on any atom is 0.223 e. The van der Waals surface area contributed by atoms with Crippen molar-refractivity contribution in [2.24, 2.45) is 5.41 Å². The molecule has 2 aliphatic carbocycles. The Labute approximate surface area is 271 Å². The summed E-state index contributed by atoms with van der Waals surface area (Å²) in [5.41, 5.74) is 5.13. The summed E-state index contributed by atoms with van der Waals surface area (Å²) in [5, 5.41) is 13.9. The van der Waals surface area contributed by atoms with Crippen LogP contribution in [0, 0.1) is 5.41 Å². The number of nitrogens with one attached hydrogen (secondary N) is 1. The van der Waals surface area contributed by atoms with Crippen molar-refractivity contribution in [2.45, 2.75) is 79.2 Å². The molecule has 3 aromatic heterocycles. The topological polar surface area (TPSA) is 113 Å². The predicted molar refractivity (Wildman–Crippen MR) is 183 cm³/mol. The molecule has 242 valence electrons. The molecule has 3 aliphatic rings. The molecule has 1 saturated heterocycles. The molecule has 4 aromatic rings. The van der Waals surface area contributed by atoms with Gasteiger partial charge in [0.25, 0.3) is 0 Å². The molecule has 2 N–H and O–H groups in total. The highest BCUT2D eigenvalue weighted by atomic mass is 32.1. The summed E-state index contributed by atoms with van der Waals surface area (Å²) < 4.78 is 6.30. The minimum Gasteiger partial charge on any atom is -0.384 e. The highest BCUT2D eigenvalue weighted by Crippen LogP contribution is 2.60. The van der Waals surface area contributed by atoms with Gasteiger partial charge in [0.2, 0.25) is 5.91 Å². The van der Waals surface area contributed by atoms with Crippen molar-refractivity contribution in [1.82, 2.24) is 24.8 Å². The van der Waals surface area contributed by atoms with E-state index in [2.05, 4.69) is 44.0 Å². The predicted octanol–water partition coefficient (Wildman–Crippen LogP) is 7.53. The first-order valence-corrected chi connectivity index (χ1v) is 17.2. The van der Waals surface area contributed by atoms with Crippen molar-refractivity contribution >= 4 is 32.6 Å². The lowest BCUT2D eigenvalue weighted by molar-refractivity contribution is -0.114. The van der Waals surface area contributed by atoms with E-state index in [-0.39, 0.29) is 5.91 Å². The number of thiazole rings is 1. The van der Waals surface area contributed by atoms with E-state index in [1.165, 1.54) is 31.1 Å². The normalized spacial score (nSPS) is 16.9. The summed E-state index contributed by atoms with van der Waals surface area (Å²) in [7, 11) is 0. The molecule has 3 fully saturated rings. The van der Waals surface area contributed by atoms with Crippen LogP contribution in [-0.4, -0.2) is 68.7 Å². The van der Waals surface area contributed by atoms with Crippen LogP contribution in [0.2, 0.25) is 0 Å². The maximum atomic E-state index is 11.5. The van der Waals surface area contributed by atoms with Crippen LogP contribution >= 0.6 is 11.3 Å². The van der Waals surface area contributed by atoms with Gasteiger partial charge in [0, 0.05) is 56.3 Å². The summed E-state index contributed by atoms with van der Waals surface area (Å²) in [6.45, 7) is 13.1. The minimum absolute atomic E-state index is 0.168. The molecular formula is C35H48N6O3S. The molecule has 1 aromatic carbocycles. The van der Waals surface area contributed by atoms with Gasteiger partial charge in [0.1, 0.15) is 6.10 Å². The van der Waals surface area contributed by atoms with Crippen molar-refractivity contribution < 1.29 is 14.6 Å². The highest BCUT2D eigenvalue weighted by molar-refractivity contribution is 7.22. The Balaban J connectivity index is 0.000000356. The first-order chi connectivity index (χ1) is 21.9. The van der Waals surface area contributed by atoms with Crippen molar-refractivity contribution in [2.75, 3.05) is 38.2 Å². The number of carbonyl (C=O) groups excluding carboxylic acids is 1. The first kappa shape index (κ1) is 34.6. The van der Waals surface area contributed by atoms with Crippen molar-refractivity contribution in [3.63, 3.8) is 0 Å². The fourth-order valence-electron chi connectivity index (χ4n) is 5.24. The summed E-state index contributed by atoms with van der Waals surface area (Å²) in [5.74, 6) is 0.223. The van der Waals surface area contributed by atoms with E-state index < -0.39 is 6.10 Å². The third-order valence-electron chi connectivity index (χ3n) is 7.92. The number of nitrogens with zero attached hydrogens (tertiary/aromatic N) is 5. The summed E-state index contributed by atoms with van der Waals surface area (Å²) in [4.78, 5) is 31.7. The SMILES string of the molecule is C1CC2(C1)CC2.CC.CC(=O)Nc1nc2cc(-c3cnc(C(O)CN4CCOCC4)nc3)cc(-c3ccccn3)c2s1.CCC. The van der Waals surface area contributed by atoms with Gasteiger partial charge < -0.3 is 15.2 Å². The molecular weight excluding hydrogens is 584 g/mol. The van der Waals surface area contributed by atoms with E-state index in [9.17, 15) is 9.90 Å².